The second-order valence-electron chi connectivity index (χ2n) is 4.64. The third-order valence-electron chi connectivity index (χ3n) is 3.18. The number of nitrogens with one attached hydrogen (secondary N) is 1. The van der Waals surface area contributed by atoms with Crippen LogP contribution < -0.4 is 5.32 Å². The Hall–Kier alpha value is -0.900. The molecular weight excluding hydrogens is 212 g/mol. The van der Waals surface area contributed by atoms with Crippen molar-refractivity contribution in [2.45, 2.75) is 26.6 Å². The highest BCUT2D eigenvalue weighted by Gasteiger charge is 2.10. The molecule has 1 aliphatic heterocycles. The number of likely N-dealkylation sites (N-methyl/N-ethyl adjacent to an activating group) is 1. The lowest BCUT2D eigenvalue weighted by molar-refractivity contribution is 0.120. The Labute approximate surface area is 104 Å². The van der Waals surface area contributed by atoms with Crippen molar-refractivity contribution in [2.75, 3.05) is 26.8 Å². The van der Waals surface area contributed by atoms with Gasteiger partial charge in [0.2, 0.25) is 0 Å². The molecule has 1 heterocycles. The highest BCUT2D eigenvalue weighted by molar-refractivity contribution is 5.34. The van der Waals surface area contributed by atoms with Gasteiger partial charge in [0.05, 0.1) is 6.61 Å². The van der Waals surface area contributed by atoms with Gasteiger partial charge < -0.3 is 10.1 Å². The molecule has 0 saturated heterocycles. The van der Waals surface area contributed by atoms with E-state index in [2.05, 4.69) is 35.5 Å². The maximum Gasteiger partial charge on any atom is 0.0593 e. The topological polar surface area (TPSA) is 24.5 Å². The van der Waals surface area contributed by atoms with Gasteiger partial charge in [-0.2, -0.15) is 0 Å². The number of hydrogen-bond donors (Lipinski definition) is 1. The lowest BCUT2D eigenvalue weighted by atomic mass is 10.1. The number of hydrogen-bond acceptors (Lipinski definition) is 3. The van der Waals surface area contributed by atoms with Crippen molar-refractivity contribution in [3.63, 3.8) is 0 Å². The summed E-state index contributed by atoms with van der Waals surface area (Å²) in [5.41, 5.74) is 4.30. The van der Waals surface area contributed by atoms with E-state index in [9.17, 15) is 0 Å². The summed E-state index contributed by atoms with van der Waals surface area (Å²) in [6.45, 7) is 7.69. The Morgan fingerprint density at radius 3 is 2.94 bits per heavy atom. The standard InChI is InChI=1S/C14H22N2O/c1-3-17-7-6-16(2)11-12-4-5-13-9-15-10-14(13)8-12/h4-5,8,15H,3,6-7,9-11H2,1-2H3. The molecule has 94 valence electrons. The number of rotatable bonds is 6. The Morgan fingerprint density at radius 2 is 2.12 bits per heavy atom. The molecule has 0 saturated carbocycles. The van der Waals surface area contributed by atoms with E-state index in [1.54, 1.807) is 0 Å². The Bertz CT molecular complexity index is 365. The molecule has 1 aliphatic rings. The zero-order valence-electron chi connectivity index (χ0n) is 10.8. The second-order valence-corrected chi connectivity index (χ2v) is 4.64. The normalized spacial score (nSPS) is 14.3. The van der Waals surface area contributed by atoms with Crippen molar-refractivity contribution in [1.29, 1.82) is 0 Å². The van der Waals surface area contributed by atoms with E-state index in [0.717, 1.165) is 39.4 Å². The van der Waals surface area contributed by atoms with Crippen molar-refractivity contribution in [2.24, 2.45) is 0 Å². The number of benzene rings is 1. The van der Waals surface area contributed by atoms with Gasteiger partial charge >= 0.3 is 0 Å². The average molecular weight is 234 g/mol. The first kappa shape index (κ1) is 12.6. The van der Waals surface area contributed by atoms with Crippen LogP contribution in [0.1, 0.15) is 23.6 Å². The molecule has 0 radical (unpaired) electrons. The smallest absolute Gasteiger partial charge is 0.0593 e. The summed E-state index contributed by atoms with van der Waals surface area (Å²) in [6.07, 6.45) is 0. The molecule has 1 N–H and O–H groups in total. The SMILES string of the molecule is CCOCCN(C)Cc1ccc2c(c1)CNC2. The molecule has 0 aliphatic carbocycles. The Kier molecular flexibility index (Phi) is 4.54. The summed E-state index contributed by atoms with van der Waals surface area (Å²) in [4.78, 5) is 2.31. The van der Waals surface area contributed by atoms with Gasteiger partial charge in [0, 0.05) is 32.8 Å². The molecule has 0 aromatic heterocycles. The van der Waals surface area contributed by atoms with Crippen molar-refractivity contribution in [3.8, 4) is 0 Å². The van der Waals surface area contributed by atoms with E-state index in [0.29, 0.717) is 0 Å². The molecule has 3 nitrogen and oxygen atoms in total. The van der Waals surface area contributed by atoms with Gasteiger partial charge in [-0.1, -0.05) is 18.2 Å². The van der Waals surface area contributed by atoms with Crippen molar-refractivity contribution in [1.82, 2.24) is 10.2 Å². The predicted octanol–water partition coefficient (Wildman–Crippen LogP) is 1.76. The fraction of sp³-hybridized carbons (Fsp3) is 0.571. The summed E-state index contributed by atoms with van der Waals surface area (Å²) in [7, 11) is 2.14. The quantitative estimate of drug-likeness (QED) is 0.759. The maximum absolute atomic E-state index is 5.36. The Balaban J connectivity index is 1.86. The molecule has 0 unspecified atom stereocenters. The minimum Gasteiger partial charge on any atom is -0.380 e. The summed E-state index contributed by atoms with van der Waals surface area (Å²) in [5, 5.41) is 3.38. The zero-order valence-corrected chi connectivity index (χ0v) is 10.8. The Morgan fingerprint density at radius 1 is 1.29 bits per heavy atom. The van der Waals surface area contributed by atoms with Crippen molar-refractivity contribution in [3.05, 3.63) is 34.9 Å². The molecule has 3 heteroatoms. The minimum atomic E-state index is 0.804. The van der Waals surface area contributed by atoms with Crippen LogP contribution in [-0.2, 0) is 24.4 Å². The van der Waals surface area contributed by atoms with E-state index >= 15 is 0 Å². The average Bonchev–Trinajstić information content (AvgIpc) is 2.76. The molecule has 17 heavy (non-hydrogen) atoms. The van der Waals surface area contributed by atoms with Gasteiger partial charge in [-0.25, -0.2) is 0 Å². The zero-order chi connectivity index (χ0) is 12.1. The van der Waals surface area contributed by atoms with Crippen LogP contribution in [0.15, 0.2) is 18.2 Å². The molecule has 2 rings (SSSR count). The van der Waals surface area contributed by atoms with Gasteiger partial charge in [-0.05, 0) is 30.7 Å². The van der Waals surface area contributed by atoms with Gasteiger partial charge in [0.1, 0.15) is 0 Å². The molecular formula is C14H22N2O. The van der Waals surface area contributed by atoms with Crippen LogP contribution in [0.3, 0.4) is 0 Å². The fourth-order valence-electron chi connectivity index (χ4n) is 2.20. The van der Waals surface area contributed by atoms with Crippen LogP contribution in [0, 0.1) is 0 Å². The lowest BCUT2D eigenvalue weighted by Crippen LogP contribution is -2.22. The first-order chi connectivity index (χ1) is 8.29. The summed E-state index contributed by atoms with van der Waals surface area (Å²) in [5.74, 6) is 0. The summed E-state index contributed by atoms with van der Waals surface area (Å²) < 4.78 is 5.36. The number of nitrogens with zero attached hydrogens (tertiary/aromatic N) is 1. The van der Waals surface area contributed by atoms with Gasteiger partial charge in [-0.15, -0.1) is 0 Å². The first-order valence-corrected chi connectivity index (χ1v) is 6.37. The molecule has 0 fully saturated rings. The van der Waals surface area contributed by atoms with Crippen LogP contribution >= 0.6 is 0 Å². The fourth-order valence-corrected chi connectivity index (χ4v) is 2.20. The third-order valence-corrected chi connectivity index (χ3v) is 3.18. The maximum atomic E-state index is 5.36. The highest BCUT2D eigenvalue weighted by atomic mass is 16.5. The minimum absolute atomic E-state index is 0.804. The second kappa shape index (κ2) is 6.15. The molecule has 0 bridgehead atoms. The van der Waals surface area contributed by atoms with Crippen molar-refractivity contribution < 1.29 is 4.74 Å². The lowest BCUT2D eigenvalue weighted by Gasteiger charge is -2.17. The van der Waals surface area contributed by atoms with Gasteiger partial charge in [0.25, 0.3) is 0 Å². The number of fused-ring (bicyclic) bond motifs is 1. The van der Waals surface area contributed by atoms with Crippen LogP contribution in [0.2, 0.25) is 0 Å². The summed E-state index contributed by atoms with van der Waals surface area (Å²) in [6, 6.07) is 6.82. The largest absolute Gasteiger partial charge is 0.380 e. The predicted molar refractivity (Wildman–Crippen MR) is 69.8 cm³/mol. The van der Waals surface area contributed by atoms with Crippen LogP contribution in [0.4, 0.5) is 0 Å². The van der Waals surface area contributed by atoms with Crippen LogP contribution in [0.25, 0.3) is 0 Å². The van der Waals surface area contributed by atoms with E-state index in [1.807, 2.05) is 6.92 Å². The third kappa shape index (κ3) is 3.53. The van der Waals surface area contributed by atoms with Crippen LogP contribution in [-0.4, -0.2) is 31.7 Å². The van der Waals surface area contributed by atoms with Crippen LogP contribution in [0.5, 0.6) is 0 Å². The van der Waals surface area contributed by atoms with Gasteiger partial charge in [0.15, 0.2) is 0 Å². The number of ether oxygens (including phenoxy) is 1. The molecule has 1 aromatic rings. The molecule has 0 atom stereocenters. The molecule has 0 spiro atoms. The molecule has 1 aromatic carbocycles. The monoisotopic (exact) mass is 234 g/mol. The highest BCUT2D eigenvalue weighted by Crippen LogP contribution is 2.17. The van der Waals surface area contributed by atoms with Gasteiger partial charge in [-0.3, -0.25) is 4.90 Å². The summed E-state index contributed by atoms with van der Waals surface area (Å²) >= 11 is 0. The van der Waals surface area contributed by atoms with E-state index in [1.165, 1.54) is 16.7 Å². The first-order valence-electron chi connectivity index (χ1n) is 6.37. The van der Waals surface area contributed by atoms with E-state index in [-0.39, 0.29) is 0 Å². The molecule has 0 amide bonds. The van der Waals surface area contributed by atoms with E-state index < -0.39 is 0 Å². The van der Waals surface area contributed by atoms with E-state index in [4.69, 9.17) is 4.74 Å². The van der Waals surface area contributed by atoms with Crippen molar-refractivity contribution >= 4 is 0 Å².